The molecule has 1 N–H and O–H groups in total. The fraction of sp³-hybridized carbons (Fsp3) is 0.750. The minimum Gasteiger partial charge on any atom is -0.292 e. The lowest BCUT2D eigenvalue weighted by atomic mass is 10.4. The highest BCUT2D eigenvalue weighted by Gasteiger charge is 2.11. The van der Waals surface area contributed by atoms with Gasteiger partial charge in [-0.1, -0.05) is 0 Å². The van der Waals surface area contributed by atoms with Gasteiger partial charge in [0.05, 0.1) is 6.07 Å². The number of hydrogen-bond acceptors (Lipinski definition) is 3. The minimum absolute atomic E-state index is 0.116. The quantitative estimate of drug-likeness (QED) is 0.487. The molecule has 0 aromatic carbocycles. The zero-order chi connectivity index (χ0) is 5.11. The van der Waals surface area contributed by atoms with Gasteiger partial charge in [-0.25, -0.2) is 0 Å². The van der Waals surface area contributed by atoms with Crippen molar-refractivity contribution in [3.63, 3.8) is 0 Å². The van der Waals surface area contributed by atoms with Crippen LogP contribution in [-0.2, 0) is 0 Å². The maximum Gasteiger partial charge on any atom is 0.105 e. The lowest BCUT2D eigenvalue weighted by Gasteiger charge is -1.90. The van der Waals surface area contributed by atoms with Crippen molar-refractivity contribution in [3.8, 4) is 6.07 Å². The summed E-state index contributed by atoms with van der Waals surface area (Å²) in [5, 5.41) is 11.2. The standard InChI is InChI=1S/C4H6N2S/c5-1-4-2-7-3-6-4/h4,6H,2-3H2/t4-/m0/s1. The van der Waals surface area contributed by atoms with Crippen LogP contribution in [0.2, 0.25) is 0 Å². The minimum atomic E-state index is 0.116. The Bertz CT molecular complexity index is 90.4. The second kappa shape index (κ2) is 2.20. The van der Waals surface area contributed by atoms with Gasteiger partial charge in [0.2, 0.25) is 0 Å². The summed E-state index contributed by atoms with van der Waals surface area (Å²) in [4.78, 5) is 0. The zero-order valence-corrected chi connectivity index (χ0v) is 4.66. The van der Waals surface area contributed by atoms with Gasteiger partial charge in [0.25, 0.3) is 0 Å². The van der Waals surface area contributed by atoms with Gasteiger partial charge in [-0.2, -0.15) is 5.26 Å². The van der Waals surface area contributed by atoms with E-state index in [4.69, 9.17) is 5.26 Å². The first-order valence-electron chi connectivity index (χ1n) is 2.14. The lowest BCUT2D eigenvalue weighted by molar-refractivity contribution is 0.765. The number of nitriles is 1. The maximum atomic E-state index is 8.24. The molecule has 0 aliphatic carbocycles. The topological polar surface area (TPSA) is 35.8 Å². The van der Waals surface area contributed by atoms with Crippen molar-refractivity contribution < 1.29 is 0 Å². The molecule has 1 rings (SSSR count). The summed E-state index contributed by atoms with van der Waals surface area (Å²) in [6, 6.07) is 2.25. The average molecular weight is 114 g/mol. The first kappa shape index (κ1) is 4.95. The van der Waals surface area contributed by atoms with Crippen LogP contribution in [0, 0.1) is 11.3 Å². The fourth-order valence-electron chi connectivity index (χ4n) is 0.478. The normalized spacial score (nSPS) is 29.9. The first-order valence-corrected chi connectivity index (χ1v) is 3.29. The molecule has 0 saturated carbocycles. The third kappa shape index (κ3) is 1.08. The lowest BCUT2D eigenvalue weighted by Crippen LogP contribution is -2.20. The second-order valence-corrected chi connectivity index (χ2v) is 2.43. The summed E-state index contributed by atoms with van der Waals surface area (Å²) < 4.78 is 0. The summed E-state index contributed by atoms with van der Waals surface area (Å²) in [6.07, 6.45) is 0. The molecule has 0 aromatic rings. The van der Waals surface area contributed by atoms with E-state index >= 15 is 0 Å². The second-order valence-electron chi connectivity index (χ2n) is 1.40. The van der Waals surface area contributed by atoms with Crippen molar-refractivity contribution in [1.82, 2.24) is 5.32 Å². The van der Waals surface area contributed by atoms with E-state index < -0.39 is 0 Å². The third-order valence-corrected chi connectivity index (χ3v) is 1.81. The molecular formula is C4H6N2S. The van der Waals surface area contributed by atoms with Crippen molar-refractivity contribution >= 4 is 11.8 Å². The Balaban J connectivity index is 2.31. The largest absolute Gasteiger partial charge is 0.292 e. The van der Waals surface area contributed by atoms with E-state index in [1.807, 2.05) is 0 Å². The van der Waals surface area contributed by atoms with E-state index in [-0.39, 0.29) is 6.04 Å². The van der Waals surface area contributed by atoms with Crippen LogP contribution in [0.1, 0.15) is 0 Å². The molecule has 0 amide bonds. The van der Waals surface area contributed by atoms with Crippen molar-refractivity contribution in [2.45, 2.75) is 6.04 Å². The van der Waals surface area contributed by atoms with E-state index in [0.29, 0.717) is 0 Å². The predicted octanol–water partition coefficient (Wildman–Crippen LogP) is 0.172. The van der Waals surface area contributed by atoms with E-state index in [0.717, 1.165) is 11.6 Å². The summed E-state index contributed by atoms with van der Waals surface area (Å²) in [5.41, 5.74) is 0. The Kier molecular flexibility index (Phi) is 1.55. The molecule has 0 aromatic heterocycles. The molecule has 1 fully saturated rings. The molecule has 2 nitrogen and oxygen atoms in total. The van der Waals surface area contributed by atoms with Gasteiger partial charge in [0.1, 0.15) is 6.04 Å². The van der Waals surface area contributed by atoms with Gasteiger partial charge in [-0.3, -0.25) is 5.32 Å². The summed E-state index contributed by atoms with van der Waals surface area (Å²) in [6.45, 7) is 0. The van der Waals surface area contributed by atoms with Crippen LogP contribution in [0.5, 0.6) is 0 Å². The highest BCUT2D eigenvalue weighted by Crippen LogP contribution is 2.07. The number of thioether (sulfide) groups is 1. The predicted molar refractivity (Wildman–Crippen MR) is 29.9 cm³/mol. The van der Waals surface area contributed by atoms with Gasteiger partial charge in [-0.05, 0) is 0 Å². The highest BCUT2D eigenvalue weighted by atomic mass is 32.2. The maximum absolute atomic E-state index is 8.24. The van der Waals surface area contributed by atoms with Crippen LogP contribution in [0.4, 0.5) is 0 Å². The molecule has 0 unspecified atom stereocenters. The van der Waals surface area contributed by atoms with E-state index in [1.165, 1.54) is 0 Å². The Morgan fingerprint density at radius 3 is 3.00 bits per heavy atom. The monoisotopic (exact) mass is 114 g/mol. The van der Waals surface area contributed by atoms with Crippen molar-refractivity contribution in [1.29, 1.82) is 5.26 Å². The molecular weight excluding hydrogens is 108 g/mol. The van der Waals surface area contributed by atoms with Crippen LogP contribution in [0.3, 0.4) is 0 Å². The molecule has 0 radical (unpaired) electrons. The molecule has 7 heavy (non-hydrogen) atoms. The number of nitrogens with one attached hydrogen (secondary N) is 1. The Labute approximate surface area is 46.9 Å². The summed E-state index contributed by atoms with van der Waals surface area (Å²) >= 11 is 1.77. The van der Waals surface area contributed by atoms with Gasteiger partial charge in [0.15, 0.2) is 0 Å². The zero-order valence-electron chi connectivity index (χ0n) is 3.85. The van der Waals surface area contributed by atoms with Crippen LogP contribution in [-0.4, -0.2) is 17.7 Å². The van der Waals surface area contributed by atoms with Crippen LogP contribution in [0.25, 0.3) is 0 Å². The molecule has 1 saturated heterocycles. The van der Waals surface area contributed by atoms with E-state index in [9.17, 15) is 0 Å². The van der Waals surface area contributed by atoms with E-state index in [2.05, 4.69) is 11.4 Å². The highest BCUT2D eigenvalue weighted by molar-refractivity contribution is 7.99. The molecule has 0 bridgehead atoms. The smallest absolute Gasteiger partial charge is 0.105 e. The molecule has 38 valence electrons. The third-order valence-electron chi connectivity index (χ3n) is 0.872. The van der Waals surface area contributed by atoms with Gasteiger partial charge < -0.3 is 0 Å². The van der Waals surface area contributed by atoms with Gasteiger partial charge in [-0.15, -0.1) is 11.8 Å². The Hall–Kier alpha value is -0.200. The number of hydrogen-bond donors (Lipinski definition) is 1. The average Bonchev–Trinajstić information content (AvgIpc) is 2.14. The molecule has 0 spiro atoms. The molecule has 1 atom stereocenters. The van der Waals surface area contributed by atoms with Crippen LogP contribution in [0.15, 0.2) is 0 Å². The summed E-state index contributed by atoms with van der Waals surface area (Å²) in [7, 11) is 0. The van der Waals surface area contributed by atoms with Gasteiger partial charge in [0, 0.05) is 11.6 Å². The first-order chi connectivity index (χ1) is 3.43. The SMILES string of the molecule is N#C[C@H]1CSCN1. The molecule has 1 heterocycles. The van der Waals surface area contributed by atoms with Crippen molar-refractivity contribution in [3.05, 3.63) is 0 Å². The van der Waals surface area contributed by atoms with Crippen molar-refractivity contribution in [2.75, 3.05) is 11.6 Å². The number of nitrogens with zero attached hydrogens (tertiary/aromatic N) is 1. The Morgan fingerprint density at radius 2 is 2.71 bits per heavy atom. The summed E-state index contributed by atoms with van der Waals surface area (Å²) in [5.74, 6) is 1.90. The fourth-order valence-corrected chi connectivity index (χ4v) is 1.34. The number of rotatable bonds is 0. The Morgan fingerprint density at radius 1 is 1.86 bits per heavy atom. The molecule has 1 aliphatic rings. The van der Waals surface area contributed by atoms with Crippen molar-refractivity contribution in [2.24, 2.45) is 0 Å². The van der Waals surface area contributed by atoms with E-state index in [1.54, 1.807) is 11.8 Å². The molecule has 1 aliphatic heterocycles. The molecule has 3 heteroatoms. The van der Waals surface area contributed by atoms with Crippen LogP contribution < -0.4 is 5.32 Å². The van der Waals surface area contributed by atoms with Crippen LogP contribution >= 0.6 is 11.8 Å². The van der Waals surface area contributed by atoms with Gasteiger partial charge >= 0.3 is 0 Å².